The van der Waals surface area contributed by atoms with Gasteiger partial charge in [-0.3, -0.25) is 0 Å². The third-order valence-corrected chi connectivity index (χ3v) is 7.61. The predicted octanol–water partition coefficient (Wildman–Crippen LogP) is 5.11. The van der Waals surface area contributed by atoms with Crippen LogP contribution < -0.4 is 5.11 Å². The molecule has 0 radical (unpaired) electrons. The fourth-order valence-electron chi connectivity index (χ4n) is 5.88. The van der Waals surface area contributed by atoms with Crippen molar-refractivity contribution in [1.82, 2.24) is 0 Å². The summed E-state index contributed by atoms with van der Waals surface area (Å²) in [6.07, 6.45) is 4.44. The van der Waals surface area contributed by atoms with Gasteiger partial charge in [-0.1, -0.05) is 90.5 Å². The Hall–Kier alpha value is -2.91. The first-order chi connectivity index (χ1) is 15.9. The van der Waals surface area contributed by atoms with Gasteiger partial charge in [-0.05, 0) is 48.8 Å². The Morgan fingerprint density at radius 1 is 0.939 bits per heavy atom. The molecule has 0 saturated carbocycles. The number of quaternary nitrogens is 1. The second kappa shape index (κ2) is 9.93. The number of aryl methyl sites for hydroxylation is 2. The maximum atomic E-state index is 13.3. The summed E-state index contributed by atoms with van der Waals surface area (Å²) in [6, 6.07) is 29.0. The van der Waals surface area contributed by atoms with Crippen molar-refractivity contribution in [3.05, 3.63) is 107 Å². The van der Waals surface area contributed by atoms with E-state index in [0.717, 1.165) is 53.6 Å². The minimum absolute atomic E-state index is 0.117. The molecule has 0 spiro atoms. The van der Waals surface area contributed by atoms with E-state index in [-0.39, 0.29) is 5.92 Å². The second-order valence-electron chi connectivity index (χ2n) is 10.1. The van der Waals surface area contributed by atoms with Crippen LogP contribution in [0.15, 0.2) is 84.9 Å². The molecule has 0 aromatic heterocycles. The number of nitrogens with zero attached hydrogens (tertiary/aromatic N) is 1. The van der Waals surface area contributed by atoms with E-state index in [1.807, 2.05) is 36.4 Å². The highest BCUT2D eigenvalue weighted by Gasteiger charge is 2.49. The number of benzene rings is 3. The maximum absolute atomic E-state index is 13.3. The Balaban J connectivity index is 1.56. The highest BCUT2D eigenvalue weighted by molar-refractivity contribution is 5.87. The fraction of sp³-hybridized carbons (Fsp3) is 0.367. The summed E-state index contributed by atoms with van der Waals surface area (Å²) in [5.74, 6) is -0.368. The number of unbranched alkanes of at least 4 members (excludes halogenated alkanes) is 1. The average Bonchev–Trinajstić information content (AvgIpc) is 3.21. The Labute approximate surface area is 198 Å². The largest absolute Gasteiger partial charge is 0.861 e. The van der Waals surface area contributed by atoms with Crippen LogP contribution in [-0.4, -0.2) is 37.1 Å². The van der Waals surface area contributed by atoms with Gasteiger partial charge in [0, 0.05) is 12.3 Å². The summed E-state index contributed by atoms with van der Waals surface area (Å²) < 4.78 is 0.979. The monoisotopic (exact) mass is 440 g/mol. The van der Waals surface area contributed by atoms with Crippen molar-refractivity contribution >= 4 is 5.90 Å². The van der Waals surface area contributed by atoms with Gasteiger partial charge >= 0.3 is 0 Å². The van der Waals surface area contributed by atoms with E-state index in [1.54, 1.807) is 0 Å². The van der Waals surface area contributed by atoms with Gasteiger partial charge in [0.05, 0.1) is 32.1 Å². The Bertz CT molecular complexity index is 1060. The lowest BCUT2D eigenvalue weighted by Gasteiger charge is -2.43. The quantitative estimate of drug-likeness (QED) is 0.214. The van der Waals surface area contributed by atoms with Crippen LogP contribution in [0.25, 0.3) is 0 Å². The predicted molar refractivity (Wildman–Crippen MR) is 134 cm³/mol. The highest BCUT2D eigenvalue weighted by Crippen LogP contribution is 2.45. The molecule has 1 N–H and O–H groups in total. The molecule has 3 aromatic carbocycles. The smallest absolute Gasteiger partial charge is 0.0830 e. The molecule has 0 amide bonds. The molecule has 1 saturated heterocycles. The van der Waals surface area contributed by atoms with Gasteiger partial charge in [0.1, 0.15) is 0 Å². The molecule has 0 bridgehead atoms. The van der Waals surface area contributed by atoms with Gasteiger partial charge < -0.3 is 15.0 Å². The molecular formula is C30H36N2O. The van der Waals surface area contributed by atoms with E-state index in [2.05, 4.69) is 62.5 Å². The molecule has 1 fully saturated rings. The second-order valence-corrected chi connectivity index (χ2v) is 10.1. The zero-order valence-electron chi connectivity index (χ0n) is 20.0. The van der Waals surface area contributed by atoms with Gasteiger partial charge in [0.15, 0.2) is 0 Å². The lowest BCUT2D eigenvalue weighted by atomic mass is 9.64. The topological polar surface area (TPSA) is 46.9 Å². The van der Waals surface area contributed by atoms with E-state index in [1.165, 1.54) is 18.4 Å². The Morgan fingerprint density at radius 3 is 2.27 bits per heavy atom. The zero-order valence-corrected chi connectivity index (χ0v) is 20.0. The summed E-state index contributed by atoms with van der Waals surface area (Å²) >= 11 is 0. The fourth-order valence-corrected chi connectivity index (χ4v) is 5.88. The molecule has 0 aliphatic carbocycles. The zero-order chi connectivity index (χ0) is 23.3. The molecule has 3 unspecified atom stereocenters. The standard InChI is InChI=1S/C30H36N2O/c1-24-12-11-18-27(22-24)30(29(31)33,26-16-7-4-8-17-26)28-19-21-32(2,23-28)20-10-9-15-25-13-5-3-6-14-25/h3-8,11-14,16-18,22,28H,9-10,15,19-21,23H2,1-2H3,(H-,31,33). The molecule has 3 aromatic rings. The maximum Gasteiger partial charge on any atom is 0.0830 e. The lowest BCUT2D eigenvalue weighted by molar-refractivity contribution is -0.899. The molecule has 3 heteroatoms. The van der Waals surface area contributed by atoms with Crippen LogP contribution in [0.2, 0.25) is 0 Å². The molecule has 1 heterocycles. The molecule has 1 aliphatic heterocycles. The van der Waals surface area contributed by atoms with Crippen LogP contribution in [0.5, 0.6) is 0 Å². The minimum atomic E-state index is -0.909. The molecule has 33 heavy (non-hydrogen) atoms. The summed E-state index contributed by atoms with van der Waals surface area (Å²) in [4.78, 5) is 0. The van der Waals surface area contributed by atoms with Crippen molar-refractivity contribution < 1.29 is 9.59 Å². The highest BCUT2D eigenvalue weighted by atomic mass is 16.3. The van der Waals surface area contributed by atoms with Crippen molar-refractivity contribution in [3.63, 3.8) is 0 Å². The van der Waals surface area contributed by atoms with Gasteiger partial charge in [0.25, 0.3) is 0 Å². The first-order valence-electron chi connectivity index (χ1n) is 12.2. The van der Waals surface area contributed by atoms with E-state index in [4.69, 9.17) is 5.41 Å². The molecule has 1 aliphatic rings. The SMILES string of the molecule is Cc1cccc(C(C(=N)[O-])(c2ccccc2)C2CC[N+](C)(CCCCc3ccccc3)C2)c1. The van der Waals surface area contributed by atoms with Gasteiger partial charge in [-0.25, -0.2) is 0 Å². The first kappa shape index (κ1) is 23.3. The van der Waals surface area contributed by atoms with Crippen molar-refractivity contribution in [3.8, 4) is 0 Å². The number of nitrogens with one attached hydrogen (secondary N) is 1. The Morgan fingerprint density at radius 2 is 1.61 bits per heavy atom. The van der Waals surface area contributed by atoms with E-state index >= 15 is 0 Å². The van der Waals surface area contributed by atoms with Crippen LogP contribution in [0.3, 0.4) is 0 Å². The minimum Gasteiger partial charge on any atom is -0.861 e. The number of likely N-dealkylation sites (tertiary alicyclic amines) is 1. The summed E-state index contributed by atoms with van der Waals surface area (Å²) in [5.41, 5.74) is 3.55. The van der Waals surface area contributed by atoms with Crippen molar-refractivity contribution in [2.45, 2.75) is 38.0 Å². The Kier molecular flexibility index (Phi) is 6.99. The number of hydrogen-bond acceptors (Lipinski definition) is 2. The summed E-state index contributed by atoms with van der Waals surface area (Å²) in [7, 11) is 2.34. The van der Waals surface area contributed by atoms with E-state index in [9.17, 15) is 5.11 Å². The van der Waals surface area contributed by atoms with Crippen LogP contribution in [0.1, 0.15) is 41.5 Å². The third kappa shape index (κ3) is 4.89. The average molecular weight is 441 g/mol. The summed E-state index contributed by atoms with van der Waals surface area (Å²) in [5, 5.41) is 21.8. The van der Waals surface area contributed by atoms with Crippen LogP contribution in [-0.2, 0) is 11.8 Å². The third-order valence-electron chi connectivity index (χ3n) is 7.61. The van der Waals surface area contributed by atoms with Crippen molar-refractivity contribution in [2.75, 3.05) is 26.7 Å². The van der Waals surface area contributed by atoms with Gasteiger partial charge in [-0.2, -0.15) is 0 Å². The molecule has 3 atom stereocenters. The number of rotatable bonds is 9. The first-order valence-corrected chi connectivity index (χ1v) is 12.2. The molecule has 3 nitrogen and oxygen atoms in total. The lowest BCUT2D eigenvalue weighted by Crippen LogP contribution is -2.52. The van der Waals surface area contributed by atoms with Crippen LogP contribution >= 0.6 is 0 Å². The van der Waals surface area contributed by atoms with Gasteiger partial charge in [-0.15, -0.1) is 0 Å². The van der Waals surface area contributed by atoms with Crippen molar-refractivity contribution in [1.29, 1.82) is 5.41 Å². The van der Waals surface area contributed by atoms with E-state index < -0.39 is 11.3 Å². The van der Waals surface area contributed by atoms with Crippen LogP contribution in [0.4, 0.5) is 0 Å². The molecule has 4 rings (SSSR count). The van der Waals surface area contributed by atoms with Crippen LogP contribution in [0, 0.1) is 18.3 Å². The molecule has 172 valence electrons. The number of hydrogen-bond donors (Lipinski definition) is 1. The normalized spacial score (nSPS) is 22.1. The van der Waals surface area contributed by atoms with Crippen molar-refractivity contribution in [2.24, 2.45) is 5.92 Å². The molecular weight excluding hydrogens is 404 g/mol. The van der Waals surface area contributed by atoms with Gasteiger partial charge in [0.2, 0.25) is 0 Å². The van der Waals surface area contributed by atoms with E-state index in [0.29, 0.717) is 0 Å². The summed E-state index contributed by atoms with van der Waals surface area (Å²) in [6.45, 7) is 5.17.